The van der Waals surface area contributed by atoms with Crippen molar-refractivity contribution in [2.45, 2.75) is 6.92 Å². The molecule has 0 radical (unpaired) electrons. The molecule has 114 valence electrons. The monoisotopic (exact) mass is 334 g/mol. The van der Waals surface area contributed by atoms with E-state index in [-0.39, 0.29) is 12.4 Å². The van der Waals surface area contributed by atoms with Gasteiger partial charge in [0.2, 0.25) is 0 Å². The molecule has 5 heteroatoms. The largest absolute Gasteiger partial charge is 0.497 e. The van der Waals surface area contributed by atoms with Crippen molar-refractivity contribution in [3.63, 3.8) is 0 Å². The first kappa shape index (κ1) is 16.4. The van der Waals surface area contributed by atoms with Gasteiger partial charge in [-0.05, 0) is 49.4 Å². The van der Waals surface area contributed by atoms with Crippen LogP contribution >= 0.6 is 24.0 Å². The second kappa shape index (κ2) is 6.86. The minimum Gasteiger partial charge on any atom is -0.497 e. The van der Waals surface area contributed by atoms with E-state index in [0.29, 0.717) is 5.02 Å². The van der Waals surface area contributed by atoms with Gasteiger partial charge in [-0.3, -0.25) is 4.98 Å². The number of methoxy groups -OCH3 is 1. The number of pyridine rings is 1. The first-order valence-electron chi connectivity index (χ1n) is 6.64. The number of hydrogen-bond donors (Lipinski definition) is 1. The fraction of sp³-hybridized carbons (Fsp3) is 0.118. The third kappa shape index (κ3) is 3.43. The van der Waals surface area contributed by atoms with Gasteiger partial charge in [-0.2, -0.15) is 0 Å². The van der Waals surface area contributed by atoms with Crippen LogP contribution in [0.15, 0.2) is 48.5 Å². The van der Waals surface area contributed by atoms with Gasteiger partial charge in [-0.25, -0.2) is 0 Å². The van der Waals surface area contributed by atoms with Crippen LogP contribution in [0.5, 0.6) is 5.75 Å². The predicted molar refractivity (Wildman–Crippen MR) is 95.0 cm³/mol. The van der Waals surface area contributed by atoms with Gasteiger partial charge in [0.15, 0.2) is 0 Å². The number of hydrogen-bond acceptors (Lipinski definition) is 3. The Bertz CT molecular complexity index is 806. The maximum Gasteiger partial charge on any atom is 0.119 e. The van der Waals surface area contributed by atoms with Crippen LogP contribution in [0.2, 0.25) is 5.02 Å². The lowest BCUT2D eigenvalue weighted by atomic mass is 10.1. The van der Waals surface area contributed by atoms with Crippen molar-refractivity contribution in [3.8, 4) is 5.75 Å². The third-order valence-electron chi connectivity index (χ3n) is 3.25. The Morgan fingerprint density at radius 1 is 1.09 bits per heavy atom. The van der Waals surface area contributed by atoms with Crippen LogP contribution in [0.1, 0.15) is 5.69 Å². The molecule has 0 atom stereocenters. The van der Waals surface area contributed by atoms with E-state index in [0.717, 1.165) is 33.7 Å². The van der Waals surface area contributed by atoms with Gasteiger partial charge in [-0.15, -0.1) is 12.4 Å². The maximum absolute atomic E-state index is 6.04. The van der Waals surface area contributed by atoms with E-state index in [2.05, 4.69) is 10.3 Å². The molecule has 0 aliphatic carbocycles. The zero-order chi connectivity index (χ0) is 14.8. The fourth-order valence-corrected chi connectivity index (χ4v) is 2.48. The standard InChI is InChI=1S/C17H15ClN2O.ClH/c1-11-8-17(20-13-5-3-4-12(18)9-13)15-10-14(21-2)6-7-16(15)19-11;/h3-10H,1-2H3,(H,19,20);1H. The quantitative estimate of drug-likeness (QED) is 0.699. The number of aromatic nitrogens is 1. The molecule has 0 spiro atoms. The van der Waals surface area contributed by atoms with Crippen molar-refractivity contribution >= 4 is 46.3 Å². The minimum atomic E-state index is 0. The Morgan fingerprint density at radius 2 is 1.91 bits per heavy atom. The Hall–Kier alpha value is -1.97. The van der Waals surface area contributed by atoms with E-state index in [1.165, 1.54) is 0 Å². The third-order valence-corrected chi connectivity index (χ3v) is 3.48. The van der Waals surface area contributed by atoms with E-state index >= 15 is 0 Å². The molecule has 0 aliphatic heterocycles. The molecule has 3 rings (SSSR count). The summed E-state index contributed by atoms with van der Waals surface area (Å²) in [5, 5.41) is 5.12. The zero-order valence-corrected chi connectivity index (χ0v) is 13.8. The van der Waals surface area contributed by atoms with E-state index in [4.69, 9.17) is 16.3 Å². The highest BCUT2D eigenvalue weighted by Gasteiger charge is 2.06. The van der Waals surface area contributed by atoms with E-state index in [1.54, 1.807) is 7.11 Å². The Morgan fingerprint density at radius 3 is 2.64 bits per heavy atom. The summed E-state index contributed by atoms with van der Waals surface area (Å²) in [6.07, 6.45) is 0. The van der Waals surface area contributed by atoms with Crippen molar-refractivity contribution in [2.75, 3.05) is 12.4 Å². The normalized spacial score (nSPS) is 10.1. The Labute approximate surface area is 140 Å². The van der Waals surface area contributed by atoms with E-state index in [9.17, 15) is 0 Å². The highest BCUT2D eigenvalue weighted by atomic mass is 35.5. The molecular formula is C17H16Cl2N2O. The summed E-state index contributed by atoms with van der Waals surface area (Å²) in [5.41, 5.74) is 3.81. The molecular weight excluding hydrogens is 319 g/mol. The SMILES string of the molecule is COc1ccc2nc(C)cc(Nc3cccc(Cl)c3)c2c1.Cl. The lowest BCUT2D eigenvalue weighted by Crippen LogP contribution is -1.95. The molecule has 3 aromatic rings. The van der Waals surface area contributed by atoms with Crippen molar-refractivity contribution in [2.24, 2.45) is 0 Å². The van der Waals surface area contributed by atoms with Crippen LogP contribution in [-0.4, -0.2) is 12.1 Å². The highest BCUT2D eigenvalue weighted by molar-refractivity contribution is 6.30. The Kier molecular flexibility index (Phi) is 5.11. The summed E-state index contributed by atoms with van der Waals surface area (Å²) < 4.78 is 5.30. The molecule has 0 amide bonds. The first-order chi connectivity index (χ1) is 10.2. The molecule has 1 N–H and O–H groups in total. The van der Waals surface area contributed by atoms with E-state index < -0.39 is 0 Å². The molecule has 0 unspecified atom stereocenters. The van der Waals surface area contributed by atoms with Gasteiger partial charge < -0.3 is 10.1 Å². The summed E-state index contributed by atoms with van der Waals surface area (Å²) >= 11 is 6.04. The van der Waals surface area contributed by atoms with Crippen LogP contribution in [0.25, 0.3) is 10.9 Å². The number of halogens is 2. The molecule has 0 saturated carbocycles. The predicted octanol–water partition coefficient (Wildman–Crippen LogP) is 5.37. The minimum absolute atomic E-state index is 0. The summed E-state index contributed by atoms with van der Waals surface area (Å²) in [4.78, 5) is 4.55. The number of nitrogens with zero attached hydrogens (tertiary/aromatic N) is 1. The van der Waals surface area contributed by atoms with Gasteiger partial charge in [0.05, 0.1) is 12.6 Å². The van der Waals surface area contributed by atoms with Crippen molar-refractivity contribution < 1.29 is 4.74 Å². The van der Waals surface area contributed by atoms with E-state index in [1.807, 2.05) is 55.5 Å². The second-order valence-electron chi connectivity index (χ2n) is 4.83. The van der Waals surface area contributed by atoms with Crippen LogP contribution in [-0.2, 0) is 0 Å². The van der Waals surface area contributed by atoms with Crippen LogP contribution < -0.4 is 10.1 Å². The number of nitrogens with one attached hydrogen (secondary N) is 1. The number of benzene rings is 2. The summed E-state index contributed by atoms with van der Waals surface area (Å²) in [6, 6.07) is 15.5. The number of fused-ring (bicyclic) bond motifs is 1. The molecule has 1 heterocycles. The number of anilines is 2. The zero-order valence-electron chi connectivity index (χ0n) is 12.3. The van der Waals surface area contributed by atoms with Crippen LogP contribution in [0, 0.1) is 6.92 Å². The molecule has 1 aromatic heterocycles. The van der Waals surface area contributed by atoms with Crippen molar-refractivity contribution in [3.05, 3.63) is 59.2 Å². The number of aryl methyl sites for hydroxylation is 1. The molecule has 0 saturated heterocycles. The number of rotatable bonds is 3. The van der Waals surface area contributed by atoms with Gasteiger partial charge in [-0.1, -0.05) is 17.7 Å². The van der Waals surface area contributed by atoms with Gasteiger partial charge in [0.1, 0.15) is 5.75 Å². The summed E-state index contributed by atoms with van der Waals surface area (Å²) in [5.74, 6) is 0.808. The summed E-state index contributed by atoms with van der Waals surface area (Å²) in [6.45, 7) is 1.98. The lowest BCUT2D eigenvalue weighted by molar-refractivity contribution is 0.415. The van der Waals surface area contributed by atoms with Gasteiger partial charge >= 0.3 is 0 Å². The molecule has 3 nitrogen and oxygen atoms in total. The van der Waals surface area contributed by atoms with Gasteiger partial charge in [0.25, 0.3) is 0 Å². The molecule has 22 heavy (non-hydrogen) atoms. The van der Waals surface area contributed by atoms with Crippen LogP contribution in [0.4, 0.5) is 11.4 Å². The van der Waals surface area contributed by atoms with Gasteiger partial charge in [0, 0.05) is 27.5 Å². The van der Waals surface area contributed by atoms with Crippen molar-refractivity contribution in [1.82, 2.24) is 4.98 Å². The molecule has 2 aromatic carbocycles. The average molecular weight is 335 g/mol. The smallest absolute Gasteiger partial charge is 0.119 e. The average Bonchev–Trinajstić information content (AvgIpc) is 2.47. The van der Waals surface area contributed by atoms with Crippen molar-refractivity contribution in [1.29, 1.82) is 0 Å². The molecule has 0 bridgehead atoms. The Balaban J connectivity index is 0.00000176. The highest BCUT2D eigenvalue weighted by Crippen LogP contribution is 2.30. The molecule has 0 aliphatic rings. The molecule has 0 fully saturated rings. The second-order valence-corrected chi connectivity index (χ2v) is 5.27. The summed E-state index contributed by atoms with van der Waals surface area (Å²) in [7, 11) is 1.66. The number of ether oxygens (including phenoxy) is 1. The lowest BCUT2D eigenvalue weighted by Gasteiger charge is -2.12. The van der Waals surface area contributed by atoms with Crippen LogP contribution in [0.3, 0.4) is 0 Å². The fourth-order valence-electron chi connectivity index (χ4n) is 2.29. The first-order valence-corrected chi connectivity index (χ1v) is 7.01. The maximum atomic E-state index is 6.04. The topological polar surface area (TPSA) is 34.1 Å².